The van der Waals surface area contributed by atoms with Crippen molar-refractivity contribution in [2.75, 3.05) is 7.11 Å². The highest BCUT2D eigenvalue weighted by Crippen LogP contribution is 2.26. The molecule has 6 nitrogen and oxygen atoms in total. The van der Waals surface area contributed by atoms with Gasteiger partial charge in [0.05, 0.1) is 28.7 Å². The molecule has 1 aromatic carbocycles. The molecule has 23 heavy (non-hydrogen) atoms. The van der Waals surface area contributed by atoms with Crippen molar-refractivity contribution >= 4 is 34.5 Å². The molecule has 2 rings (SSSR count). The van der Waals surface area contributed by atoms with Crippen molar-refractivity contribution in [3.05, 3.63) is 28.5 Å². The Balaban J connectivity index is 2.59. The van der Waals surface area contributed by atoms with E-state index >= 15 is 0 Å². The van der Waals surface area contributed by atoms with Crippen molar-refractivity contribution in [1.82, 2.24) is 14.9 Å². The van der Waals surface area contributed by atoms with Crippen LogP contribution in [0.2, 0.25) is 5.02 Å². The monoisotopic (exact) mass is 337 g/mol. The van der Waals surface area contributed by atoms with Crippen LogP contribution >= 0.6 is 11.6 Å². The number of nitrogens with zero attached hydrogens (tertiary/aromatic N) is 2. The van der Waals surface area contributed by atoms with Crippen molar-refractivity contribution in [3.8, 4) is 0 Å². The summed E-state index contributed by atoms with van der Waals surface area (Å²) in [6.45, 7) is 6.35. The van der Waals surface area contributed by atoms with E-state index in [1.807, 2.05) is 20.8 Å². The molecular weight excluding hydrogens is 318 g/mol. The molecule has 0 atom stereocenters. The Morgan fingerprint density at radius 3 is 2.65 bits per heavy atom. The van der Waals surface area contributed by atoms with E-state index in [2.05, 4.69) is 10.3 Å². The Labute approximate surface area is 139 Å². The zero-order chi connectivity index (χ0) is 17.1. The summed E-state index contributed by atoms with van der Waals surface area (Å²) in [5, 5.41) is 3.12. The van der Waals surface area contributed by atoms with Crippen LogP contribution in [0.5, 0.6) is 0 Å². The quantitative estimate of drug-likeness (QED) is 0.851. The van der Waals surface area contributed by atoms with Gasteiger partial charge in [-0.15, -0.1) is 0 Å². The molecule has 0 spiro atoms. The minimum atomic E-state index is -0.515. The van der Waals surface area contributed by atoms with Crippen LogP contribution in [0.4, 0.5) is 0 Å². The number of hydrogen-bond donors (Lipinski definition) is 1. The third-order valence-electron chi connectivity index (χ3n) is 3.32. The van der Waals surface area contributed by atoms with E-state index in [0.717, 1.165) is 6.42 Å². The Morgan fingerprint density at radius 2 is 2.09 bits per heavy atom. The molecule has 0 bridgehead atoms. The smallest absolute Gasteiger partial charge is 0.374 e. The van der Waals surface area contributed by atoms with E-state index in [1.165, 1.54) is 7.11 Å². The summed E-state index contributed by atoms with van der Waals surface area (Å²) in [5.41, 5.74) is 1.58. The number of aromatic nitrogens is 2. The molecule has 0 aliphatic heterocycles. The number of fused-ring (bicyclic) bond motifs is 1. The van der Waals surface area contributed by atoms with E-state index in [1.54, 1.807) is 16.7 Å². The molecule has 124 valence electrons. The second-order valence-electron chi connectivity index (χ2n) is 5.53. The van der Waals surface area contributed by atoms with Crippen molar-refractivity contribution in [2.45, 2.75) is 39.8 Å². The number of nitrogens with one attached hydrogen (secondary N) is 1. The fourth-order valence-electron chi connectivity index (χ4n) is 2.36. The third-order valence-corrected chi connectivity index (χ3v) is 3.63. The van der Waals surface area contributed by atoms with Crippen LogP contribution in [0.25, 0.3) is 11.0 Å². The summed E-state index contributed by atoms with van der Waals surface area (Å²) < 4.78 is 6.54. The van der Waals surface area contributed by atoms with E-state index < -0.39 is 5.97 Å². The molecule has 1 aromatic heterocycles. The lowest BCUT2D eigenvalue weighted by atomic mass is 10.1. The average molecular weight is 338 g/mol. The number of hydrogen-bond acceptors (Lipinski definition) is 4. The van der Waals surface area contributed by atoms with Gasteiger partial charge in [0.2, 0.25) is 5.82 Å². The van der Waals surface area contributed by atoms with Crippen molar-refractivity contribution in [3.63, 3.8) is 0 Å². The van der Waals surface area contributed by atoms with E-state index in [0.29, 0.717) is 28.2 Å². The van der Waals surface area contributed by atoms with Crippen LogP contribution in [-0.2, 0) is 11.3 Å². The van der Waals surface area contributed by atoms with Crippen molar-refractivity contribution in [1.29, 1.82) is 0 Å². The molecule has 0 saturated heterocycles. The molecule has 1 amide bonds. The molecule has 0 aliphatic carbocycles. The summed E-state index contributed by atoms with van der Waals surface area (Å²) in [4.78, 5) is 28.4. The van der Waals surface area contributed by atoms with Gasteiger partial charge >= 0.3 is 5.97 Å². The number of carbonyl (C=O) groups excluding carboxylic acids is 2. The first-order chi connectivity index (χ1) is 10.9. The molecule has 0 radical (unpaired) electrons. The fraction of sp³-hybridized carbons (Fsp3) is 0.438. The van der Waals surface area contributed by atoms with Gasteiger partial charge in [0.15, 0.2) is 0 Å². The third kappa shape index (κ3) is 3.47. The molecule has 1 heterocycles. The van der Waals surface area contributed by atoms with Gasteiger partial charge in [-0.1, -0.05) is 18.5 Å². The van der Waals surface area contributed by atoms with Gasteiger partial charge < -0.3 is 14.6 Å². The zero-order valence-electron chi connectivity index (χ0n) is 13.6. The lowest BCUT2D eigenvalue weighted by molar-refractivity contribution is 0.0581. The Morgan fingerprint density at radius 1 is 1.39 bits per heavy atom. The molecule has 0 aliphatic rings. The summed E-state index contributed by atoms with van der Waals surface area (Å²) in [7, 11) is 1.31. The first-order valence-electron chi connectivity index (χ1n) is 7.48. The van der Waals surface area contributed by atoms with Crippen LogP contribution in [-0.4, -0.2) is 34.6 Å². The average Bonchev–Trinajstić information content (AvgIpc) is 2.83. The predicted molar refractivity (Wildman–Crippen MR) is 89.0 cm³/mol. The van der Waals surface area contributed by atoms with Crippen LogP contribution in [0.3, 0.4) is 0 Å². The van der Waals surface area contributed by atoms with Crippen molar-refractivity contribution in [2.24, 2.45) is 0 Å². The number of methoxy groups -OCH3 is 1. The number of rotatable bonds is 5. The molecule has 2 aromatic rings. The molecule has 7 heteroatoms. The van der Waals surface area contributed by atoms with Crippen LogP contribution in [0.1, 0.15) is 48.2 Å². The predicted octanol–water partition coefficient (Wildman–Crippen LogP) is 3.02. The lowest BCUT2D eigenvalue weighted by Crippen LogP contribution is -2.30. The molecule has 0 unspecified atom stereocenters. The number of amides is 1. The number of ether oxygens (including phenoxy) is 1. The lowest BCUT2D eigenvalue weighted by Gasteiger charge is -2.10. The maximum Gasteiger partial charge on any atom is 0.374 e. The van der Waals surface area contributed by atoms with Gasteiger partial charge in [-0.05, 0) is 32.4 Å². The fourth-order valence-corrected chi connectivity index (χ4v) is 2.60. The van der Waals surface area contributed by atoms with Gasteiger partial charge in [0, 0.05) is 12.6 Å². The number of benzene rings is 1. The summed E-state index contributed by atoms with van der Waals surface area (Å²) in [6.07, 6.45) is 0.822. The highest BCUT2D eigenvalue weighted by Gasteiger charge is 2.21. The van der Waals surface area contributed by atoms with Gasteiger partial charge in [-0.2, -0.15) is 0 Å². The topological polar surface area (TPSA) is 73.2 Å². The molecule has 1 N–H and O–H groups in total. The molecule has 0 fully saturated rings. The van der Waals surface area contributed by atoms with Crippen LogP contribution in [0.15, 0.2) is 12.1 Å². The van der Waals surface area contributed by atoms with Gasteiger partial charge in [-0.3, -0.25) is 4.79 Å². The molecule has 0 saturated carbocycles. The maximum atomic E-state index is 12.2. The first kappa shape index (κ1) is 17.3. The summed E-state index contributed by atoms with van der Waals surface area (Å²) >= 11 is 6.26. The zero-order valence-corrected chi connectivity index (χ0v) is 14.4. The van der Waals surface area contributed by atoms with Gasteiger partial charge in [0.25, 0.3) is 5.91 Å². The van der Waals surface area contributed by atoms with E-state index in [9.17, 15) is 9.59 Å². The molecular formula is C16H20ClN3O3. The van der Waals surface area contributed by atoms with Gasteiger partial charge in [0.1, 0.15) is 0 Å². The Hall–Kier alpha value is -2.08. The number of halogens is 1. The van der Waals surface area contributed by atoms with Crippen LogP contribution in [0, 0.1) is 0 Å². The maximum absolute atomic E-state index is 12.2. The minimum Gasteiger partial charge on any atom is -0.463 e. The highest BCUT2D eigenvalue weighted by atomic mass is 35.5. The largest absolute Gasteiger partial charge is 0.463 e. The van der Waals surface area contributed by atoms with E-state index in [-0.39, 0.29) is 17.8 Å². The first-order valence-corrected chi connectivity index (χ1v) is 7.85. The highest BCUT2D eigenvalue weighted by molar-refractivity contribution is 6.34. The second-order valence-corrected chi connectivity index (χ2v) is 5.93. The SMILES string of the molecule is CCCn1c(C(=O)OC)nc2cc(C(=O)NC(C)C)c(Cl)cc21. The minimum absolute atomic E-state index is 0.00228. The number of imidazole rings is 1. The number of carbonyl (C=O) groups is 2. The van der Waals surface area contributed by atoms with Crippen molar-refractivity contribution < 1.29 is 14.3 Å². The van der Waals surface area contributed by atoms with E-state index in [4.69, 9.17) is 16.3 Å². The Bertz CT molecular complexity index is 753. The Kier molecular flexibility index (Phi) is 5.26. The summed E-state index contributed by atoms with van der Waals surface area (Å²) in [6, 6.07) is 3.27. The standard InChI is InChI=1S/C16H20ClN3O3/c1-5-6-20-13-8-11(17)10(15(21)18-9(2)3)7-12(13)19-14(20)16(22)23-4/h7-9H,5-6H2,1-4H3,(H,18,21). The van der Waals surface area contributed by atoms with Gasteiger partial charge in [-0.25, -0.2) is 9.78 Å². The number of aryl methyl sites for hydroxylation is 1. The number of esters is 1. The normalized spacial score (nSPS) is 11.0. The van der Waals surface area contributed by atoms with Crippen LogP contribution < -0.4 is 5.32 Å². The summed E-state index contributed by atoms with van der Waals surface area (Å²) in [5.74, 6) is -0.572. The second kappa shape index (κ2) is 7.00.